The highest BCUT2D eigenvalue weighted by Gasteiger charge is 2.32. The van der Waals surface area contributed by atoms with Crippen LogP contribution in [0.3, 0.4) is 0 Å². The Morgan fingerprint density at radius 1 is 0.839 bits per heavy atom. The second kappa shape index (κ2) is 10.1. The van der Waals surface area contributed by atoms with Gasteiger partial charge in [-0.05, 0) is 30.5 Å². The molecule has 2 aromatic carbocycles. The first-order valence-corrected chi connectivity index (χ1v) is 11.3. The predicted octanol–water partition coefficient (Wildman–Crippen LogP) is 2.26. The molecule has 6 heteroatoms. The van der Waals surface area contributed by atoms with Crippen molar-refractivity contribution in [3.63, 3.8) is 0 Å². The van der Waals surface area contributed by atoms with Crippen LogP contribution in [0.4, 0.5) is 0 Å². The third-order valence-corrected chi connectivity index (χ3v) is 6.54. The molecule has 0 bridgehead atoms. The largest absolute Gasteiger partial charge is 0.368 e. The van der Waals surface area contributed by atoms with Crippen LogP contribution in [-0.4, -0.2) is 71.8 Å². The number of hydrogen-bond donors (Lipinski definition) is 1. The number of hydrogen-bond acceptors (Lipinski definition) is 4. The van der Waals surface area contributed by atoms with Crippen LogP contribution >= 0.6 is 0 Å². The molecular weight excluding hydrogens is 388 g/mol. The molecule has 2 fully saturated rings. The molecule has 2 heterocycles. The van der Waals surface area contributed by atoms with E-state index in [0.29, 0.717) is 13.1 Å². The van der Waals surface area contributed by atoms with E-state index in [0.717, 1.165) is 38.9 Å². The summed E-state index contributed by atoms with van der Waals surface area (Å²) in [5, 5.41) is 0. The first-order valence-electron chi connectivity index (χ1n) is 11.3. The summed E-state index contributed by atoms with van der Waals surface area (Å²) in [7, 11) is 0. The molecule has 2 N–H and O–H groups in total. The number of carbonyl (C=O) groups is 2. The van der Waals surface area contributed by atoms with Crippen molar-refractivity contribution in [2.45, 2.75) is 31.3 Å². The highest BCUT2D eigenvalue weighted by Crippen LogP contribution is 2.29. The van der Waals surface area contributed by atoms with Gasteiger partial charge in [-0.15, -0.1) is 0 Å². The van der Waals surface area contributed by atoms with Crippen molar-refractivity contribution in [3.05, 3.63) is 71.8 Å². The van der Waals surface area contributed by atoms with Crippen LogP contribution in [0.5, 0.6) is 0 Å². The summed E-state index contributed by atoms with van der Waals surface area (Å²) in [5.74, 6) is -0.213. The lowest BCUT2D eigenvalue weighted by atomic mass is 9.96. The second-order valence-electron chi connectivity index (χ2n) is 8.53. The minimum absolute atomic E-state index is 0.101. The van der Waals surface area contributed by atoms with Crippen molar-refractivity contribution >= 4 is 11.8 Å². The standard InChI is InChI=1S/C25H32N4O2/c26-25(31)22-13-7-8-14-29(22)19-23(30)27-15-17-28(18-16-27)24(20-9-3-1-4-10-20)21-11-5-2-6-12-21/h1-6,9-12,22,24H,7-8,13-19H2,(H2,26,31). The van der Waals surface area contributed by atoms with Crippen LogP contribution in [0.2, 0.25) is 0 Å². The first kappa shape index (κ1) is 21.5. The topological polar surface area (TPSA) is 69.9 Å². The molecule has 2 aliphatic rings. The number of benzene rings is 2. The Bertz CT molecular complexity index is 826. The summed E-state index contributed by atoms with van der Waals surface area (Å²) in [6, 6.07) is 21.0. The van der Waals surface area contributed by atoms with Crippen molar-refractivity contribution in [3.8, 4) is 0 Å². The van der Waals surface area contributed by atoms with E-state index in [1.165, 1.54) is 11.1 Å². The lowest BCUT2D eigenvalue weighted by molar-refractivity contribution is -0.136. The number of piperidine rings is 1. The van der Waals surface area contributed by atoms with Crippen LogP contribution in [0, 0.1) is 0 Å². The minimum atomic E-state index is -0.314. The number of rotatable bonds is 6. The van der Waals surface area contributed by atoms with Gasteiger partial charge in [-0.1, -0.05) is 67.1 Å². The van der Waals surface area contributed by atoms with Crippen molar-refractivity contribution in [2.75, 3.05) is 39.3 Å². The van der Waals surface area contributed by atoms with Crippen LogP contribution in [-0.2, 0) is 9.59 Å². The van der Waals surface area contributed by atoms with Gasteiger partial charge in [-0.2, -0.15) is 0 Å². The van der Waals surface area contributed by atoms with Gasteiger partial charge < -0.3 is 10.6 Å². The molecule has 0 spiro atoms. The SMILES string of the molecule is NC(=O)C1CCCCN1CC(=O)N1CCN(C(c2ccccc2)c2ccccc2)CC1. The molecule has 0 aliphatic carbocycles. The average molecular weight is 421 g/mol. The second-order valence-corrected chi connectivity index (χ2v) is 8.53. The number of carbonyl (C=O) groups excluding carboxylic acids is 2. The van der Waals surface area contributed by atoms with E-state index in [9.17, 15) is 9.59 Å². The van der Waals surface area contributed by atoms with Crippen LogP contribution in [0.1, 0.15) is 36.4 Å². The van der Waals surface area contributed by atoms with Crippen molar-refractivity contribution < 1.29 is 9.59 Å². The van der Waals surface area contributed by atoms with E-state index < -0.39 is 0 Å². The molecule has 164 valence electrons. The van der Waals surface area contributed by atoms with Gasteiger partial charge in [-0.3, -0.25) is 19.4 Å². The van der Waals surface area contributed by atoms with Crippen LogP contribution in [0.15, 0.2) is 60.7 Å². The minimum Gasteiger partial charge on any atom is -0.368 e. The fraction of sp³-hybridized carbons (Fsp3) is 0.440. The Labute approximate surface area is 184 Å². The van der Waals surface area contributed by atoms with Gasteiger partial charge in [0.1, 0.15) is 0 Å². The molecule has 4 rings (SSSR count). The van der Waals surface area contributed by atoms with Gasteiger partial charge in [0, 0.05) is 26.2 Å². The molecule has 1 atom stereocenters. The van der Waals surface area contributed by atoms with Gasteiger partial charge >= 0.3 is 0 Å². The Morgan fingerprint density at radius 3 is 1.97 bits per heavy atom. The van der Waals surface area contributed by atoms with E-state index in [-0.39, 0.29) is 30.4 Å². The molecular formula is C25H32N4O2. The third kappa shape index (κ3) is 5.14. The zero-order valence-electron chi connectivity index (χ0n) is 18.0. The summed E-state index contributed by atoms with van der Waals surface area (Å²) in [6.45, 7) is 4.09. The Balaban J connectivity index is 1.41. The van der Waals surface area contributed by atoms with Crippen molar-refractivity contribution in [1.29, 1.82) is 0 Å². The lowest BCUT2D eigenvalue weighted by Crippen LogP contribution is -2.55. The molecule has 2 aromatic rings. The summed E-state index contributed by atoms with van der Waals surface area (Å²) in [5.41, 5.74) is 8.10. The molecule has 2 saturated heterocycles. The third-order valence-electron chi connectivity index (χ3n) is 6.54. The molecule has 6 nitrogen and oxygen atoms in total. The van der Waals surface area contributed by atoms with E-state index in [1.54, 1.807) is 0 Å². The van der Waals surface area contributed by atoms with E-state index in [2.05, 4.69) is 53.4 Å². The van der Waals surface area contributed by atoms with Crippen molar-refractivity contribution in [1.82, 2.24) is 14.7 Å². The fourth-order valence-corrected chi connectivity index (χ4v) is 4.89. The van der Waals surface area contributed by atoms with Gasteiger partial charge in [0.05, 0.1) is 18.6 Å². The monoisotopic (exact) mass is 420 g/mol. The highest BCUT2D eigenvalue weighted by molar-refractivity contribution is 5.82. The quantitative estimate of drug-likeness (QED) is 0.778. The van der Waals surface area contributed by atoms with Gasteiger partial charge in [0.2, 0.25) is 11.8 Å². The molecule has 0 radical (unpaired) electrons. The van der Waals surface area contributed by atoms with Crippen LogP contribution in [0.25, 0.3) is 0 Å². The van der Waals surface area contributed by atoms with E-state index >= 15 is 0 Å². The molecule has 2 amide bonds. The van der Waals surface area contributed by atoms with Crippen molar-refractivity contribution in [2.24, 2.45) is 5.73 Å². The zero-order valence-corrected chi connectivity index (χ0v) is 18.0. The fourth-order valence-electron chi connectivity index (χ4n) is 4.89. The predicted molar refractivity (Wildman–Crippen MR) is 121 cm³/mol. The van der Waals surface area contributed by atoms with E-state index in [1.807, 2.05) is 21.9 Å². The van der Waals surface area contributed by atoms with Crippen LogP contribution < -0.4 is 5.73 Å². The summed E-state index contributed by atoms with van der Waals surface area (Å²) < 4.78 is 0. The Kier molecular flexibility index (Phi) is 6.99. The summed E-state index contributed by atoms with van der Waals surface area (Å²) in [4.78, 5) is 31.1. The zero-order chi connectivity index (χ0) is 21.6. The first-order chi connectivity index (χ1) is 15.1. The molecule has 31 heavy (non-hydrogen) atoms. The molecule has 2 aliphatic heterocycles. The highest BCUT2D eigenvalue weighted by atomic mass is 16.2. The number of amides is 2. The normalized spacial score (nSPS) is 20.7. The van der Waals surface area contributed by atoms with Gasteiger partial charge in [0.25, 0.3) is 0 Å². The van der Waals surface area contributed by atoms with Gasteiger partial charge in [-0.25, -0.2) is 0 Å². The van der Waals surface area contributed by atoms with Gasteiger partial charge in [0.15, 0.2) is 0 Å². The van der Waals surface area contributed by atoms with E-state index in [4.69, 9.17) is 5.73 Å². The number of likely N-dealkylation sites (tertiary alicyclic amines) is 1. The molecule has 0 aromatic heterocycles. The average Bonchev–Trinajstić information content (AvgIpc) is 2.81. The number of primary amides is 1. The summed E-state index contributed by atoms with van der Waals surface area (Å²) in [6.07, 6.45) is 2.77. The maximum Gasteiger partial charge on any atom is 0.236 e. The number of nitrogens with zero attached hydrogens (tertiary/aromatic N) is 3. The maximum atomic E-state index is 13.0. The Hall–Kier alpha value is -2.70. The Morgan fingerprint density at radius 2 is 1.42 bits per heavy atom. The summed E-state index contributed by atoms with van der Waals surface area (Å²) >= 11 is 0. The lowest BCUT2D eigenvalue weighted by Gasteiger charge is -2.41. The molecule has 0 saturated carbocycles. The number of nitrogens with two attached hydrogens (primary N) is 1. The molecule has 1 unspecified atom stereocenters. The smallest absolute Gasteiger partial charge is 0.236 e. The number of piperazine rings is 1. The maximum absolute atomic E-state index is 13.0.